The number of anilines is 2. The number of fused-ring (bicyclic) bond motifs is 1. The van der Waals surface area contributed by atoms with Crippen molar-refractivity contribution in [3.63, 3.8) is 0 Å². The smallest absolute Gasteiger partial charge is 0.338 e. The highest BCUT2D eigenvalue weighted by atomic mass is 35.5. The van der Waals surface area contributed by atoms with Crippen LogP contribution >= 0.6 is 11.6 Å². The number of sulfonamides is 1. The molecule has 3 aromatic carbocycles. The summed E-state index contributed by atoms with van der Waals surface area (Å²) >= 11 is 6.00. The molecule has 0 bridgehead atoms. The molecule has 0 saturated heterocycles. The summed E-state index contributed by atoms with van der Waals surface area (Å²) in [6.07, 6.45) is 0. The predicted octanol–water partition coefficient (Wildman–Crippen LogP) is 3.42. The lowest BCUT2D eigenvalue weighted by Gasteiger charge is -2.31. The van der Waals surface area contributed by atoms with Gasteiger partial charge in [0.25, 0.3) is 15.9 Å². The molecule has 1 aliphatic rings. The molecule has 0 spiro atoms. The van der Waals surface area contributed by atoms with Gasteiger partial charge in [0, 0.05) is 22.8 Å². The van der Waals surface area contributed by atoms with E-state index in [4.69, 9.17) is 21.4 Å². The van der Waals surface area contributed by atoms with Crippen LogP contribution in [0.3, 0.4) is 0 Å². The number of carboxylic acid groups (broad SMARTS) is 1. The van der Waals surface area contributed by atoms with Gasteiger partial charge in [-0.2, -0.15) is 0 Å². The lowest BCUT2D eigenvalue weighted by atomic mass is 10.1. The lowest BCUT2D eigenvalue weighted by Crippen LogP contribution is -2.40. The Morgan fingerprint density at radius 3 is 2.49 bits per heavy atom. The van der Waals surface area contributed by atoms with E-state index >= 15 is 0 Å². The molecule has 37 heavy (non-hydrogen) atoms. The minimum absolute atomic E-state index is 0.0138. The molecule has 0 fully saturated rings. The van der Waals surface area contributed by atoms with Crippen LogP contribution in [-0.2, 0) is 19.9 Å². The van der Waals surface area contributed by atoms with Crippen molar-refractivity contribution < 1.29 is 40.7 Å². The number of benzene rings is 3. The third kappa shape index (κ3) is 4.97. The number of nitrogens with one attached hydrogen (secondary N) is 1. The molecule has 194 valence electrons. The summed E-state index contributed by atoms with van der Waals surface area (Å²) in [6, 6.07) is 10.3. The zero-order chi connectivity index (χ0) is 27.1. The molecule has 2 N–H and O–H groups in total. The molecule has 1 aliphatic heterocycles. The molecule has 10 nitrogen and oxygen atoms in total. The Bertz CT molecular complexity index is 1660. The highest BCUT2D eigenvalue weighted by Crippen LogP contribution is 2.38. The zero-order valence-corrected chi connectivity index (χ0v) is 21.3. The maximum absolute atomic E-state index is 14.0. The van der Waals surface area contributed by atoms with Gasteiger partial charge in [0.1, 0.15) is 16.5 Å². The molecule has 0 saturated carbocycles. The average molecular weight is 569 g/mol. The number of carbonyl (C=O) groups excluding carboxylic acids is 1. The Morgan fingerprint density at radius 2 is 1.84 bits per heavy atom. The van der Waals surface area contributed by atoms with E-state index in [9.17, 15) is 30.8 Å². The maximum atomic E-state index is 14.0. The topological polar surface area (TPSA) is 147 Å². The monoisotopic (exact) mass is 568 g/mol. The van der Waals surface area contributed by atoms with Crippen molar-refractivity contribution in [3.8, 4) is 5.75 Å². The van der Waals surface area contributed by atoms with Gasteiger partial charge < -0.3 is 15.2 Å². The van der Waals surface area contributed by atoms with Gasteiger partial charge in [-0.1, -0.05) is 11.6 Å². The molecular weight excluding hydrogens is 551 g/mol. The molecule has 0 aromatic heterocycles. The third-order valence-electron chi connectivity index (χ3n) is 5.54. The van der Waals surface area contributed by atoms with Crippen molar-refractivity contribution in [1.82, 2.24) is 0 Å². The number of methoxy groups -OCH3 is 1. The summed E-state index contributed by atoms with van der Waals surface area (Å²) in [5.74, 6) is -3.88. The zero-order valence-electron chi connectivity index (χ0n) is 18.9. The van der Waals surface area contributed by atoms with Crippen LogP contribution in [0.25, 0.3) is 0 Å². The van der Waals surface area contributed by atoms with Crippen LogP contribution < -0.4 is 14.4 Å². The van der Waals surface area contributed by atoms with Crippen LogP contribution in [0.4, 0.5) is 15.8 Å². The Kier molecular flexibility index (Phi) is 6.88. The van der Waals surface area contributed by atoms with E-state index in [-0.39, 0.29) is 37.5 Å². The van der Waals surface area contributed by atoms with Gasteiger partial charge in [-0.25, -0.2) is 26.0 Å². The van der Waals surface area contributed by atoms with Crippen LogP contribution in [0.2, 0.25) is 5.02 Å². The number of halogens is 2. The van der Waals surface area contributed by atoms with Crippen LogP contribution in [0.1, 0.15) is 20.7 Å². The van der Waals surface area contributed by atoms with E-state index in [0.29, 0.717) is 0 Å². The van der Waals surface area contributed by atoms with E-state index in [2.05, 4.69) is 5.32 Å². The number of carbonyl (C=O) groups is 2. The first-order chi connectivity index (χ1) is 17.3. The normalized spacial score (nSPS) is 14.5. The Morgan fingerprint density at radius 1 is 1.11 bits per heavy atom. The number of nitrogens with zero attached hydrogens (tertiary/aromatic N) is 1. The highest BCUT2D eigenvalue weighted by Gasteiger charge is 2.37. The molecular formula is C23H18ClFN2O8S2. The second kappa shape index (κ2) is 9.65. The molecule has 1 heterocycles. The van der Waals surface area contributed by atoms with Crippen molar-refractivity contribution >= 4 is 54.7 Å². The van der Waals surface area contributed by atoms with Crippen molar-refractivity contribution in [2.75, 3.05) is 29.0 Å². The molecule has 1 amide bonds. The van der Waals surface area contributed by atoms with Crippen molar-refractivity contribution in [3.05, 3.63) is 76.6 Å². The number of rotatable bonds is 6. The molecule has 0 atom stereocenters. The van der Waals surface area contributed by atoms with Gasteiger partial charge in [0.15, 0.2) is 9.84 Å². The summed E-state index contributed by atoms with van der Waals surface area (Å²) in [5.41, 5.74) is -1.04. The minimum Gasteiger partial charge on any atom is -0.495 e. The van der Waals surface area contributed by atoms with Crippen molar-refractivity contribution in [1.29, 1.82) is 0 Å². The van der Waals surface area contributed by atoms with E-state index in [1.807, 2.05) is 0 Å². The molecule has 0 aliphatic carbocycles. The Balaban J connectivity index is 1.76. The van der Waals surface area contributed by atoms with Gasteiger partial charge >= 0.3 is 5.97 Å². The first kappa shape index (κ1) is 26.4. The molecule has 3 aromatic rings. The van der Waals surface area contributed by atoms with Crippen LogP contribution in [0, 0.1) is 5.82 Å². The Hall–Kier alpha value is -3.68. The highest BCUT2D eigenvalue weighted by molar-refractivity contribution is 7.94. The fourth-order valence-corrected chi connectivity index (χ4v) is 7.22. The van der Waals surface area contributed by atoms with Crippen molar-refractivity contribution in [2.24, 2.45) is 0 Å². The second-order valence-corrected chi connectivity index (χ2v) is 12.2. The summed E-state index contributed by atoms with van der Waals surface area (Å²) in [5, 5.41) is 11.4. The molecule has 14 heteroatoms. The third-order valence-corrected chi connectivity index (χ3v) is 9.34. The number of ether oxygens (including phenoxy) is 1. The van der Waals surface area contributed by atoms with Gasteiger partial charge in [0.05, 0.1) is 29.0 Å². The molecule has 4 rings (SSSR count). The van der Waals surface area contributed by atoms with Gasteiger partial charge in [-0.15, -0.1) is 0 Å². The number of hydrogen-bond donors (Lipinski definition) is 2. The average Bonchev–Trinajstić information content (AvgIpc) is 2.83. The summed E-state index contributed by atoms with van der Waals surface area (Å²) in [7, 11) is -6.98. The van der Waals surface area contributed by atoms with Gasteiger partial charge in [0.2, 0.25) is 0 Å². The van der Waals surface area contributed by atoms with E-state index < -0.39 is 55.4 Å². The molecule has 0 unspecified atom stereocenters. The first-order valence-electron chi connectivity index (χ1n) is 10.4. The summed E-state index contributed by atoms with van der Waals surface area (Å²) < 4.78 is 72.6. The van der Waals surface area contributed by atoms with Crippen LogP contribution in [0.15, 0.2) is 64.4 Å². The first-order valence-corrected chi connectivity index (χ1v) is 13.9. The van der Waals surface area contributed by atoms with Gasteiger partial charge in [-0.05, 0) is 54.6 Å². The standard InChI is InChI=1S/C23H18ClFN2O8S2/c1-35-19-6-3-14(24)11-21(19)37(33,34)27-8-9-36(31,32)20-7-2-13(10-18(20)27)22(28)26-15-4-5-16(23(29)30)17(25)12-15/h2-7,10-12H,8-9H2,1H3,(H,26,28)(H,29,30). The maximum Gasteiger partial charge on any atom is 0.338 e. The van der Waals surface area contributed by atoms with E-state index in [0.717, 1.165) is 28.6 Å². The minimum atomic E-state index is -4.39. The SMILES string of the molecule is COc1ccc(Cl)cc1S(=O)(=O)N1CCS(=O)(=O)c2ccc(C(=O)Nc3ccc(C(=O)O)c(F)c3)cc21. The fourth-order valence-electron chi connectivity index (χ4n) is 3.74. The largest absolute Gasteiger partial charge is 0.495 e. The van der Waals surface area contributed by atoms with E-state index in [1.165, 1.54) is 37.4 Å². The van der Waals surface area contributed by atoms with Crippen molar-refractivity contribution in [2.45, 2.75) is 9.79 Å². The lowest BCUT2D eigenvalue weighted by molar-refractivity contribution is 0.0691. The van der Waals surface area contributed by atoms with Crippen LogP contribution in [0.5, 0.6) is 5.75 Å². The molecule has 0 radical (unpaired) electrons. The quantitative estimate of drug-likeness (QED) is 0.460. The second-order valence-electron chi connectivity index (χ2n) is 7.83. The Labute approximate surface area is 216 Å². The fraction of sp³-hybridized carbons (Fsp3) is 0.130. The summed E-state index contributed by atoms with van der Waals surface area (Å²) in [4.78, 5) is 23.3. The number of hydrogen-bond acceptors (Lipinski definition) is 7. The predicted molar refractivity (Wildman–Crippen MR) is 132 cm³/mol. The summed E-state index contributed by atoms with van der Waals surface area (Å²) in [6.45, 7) is -0.430. The number of sulfone groups is 1. The number of carboxylic acids is 1. The van der Waals surface area contributed by atoms with Gasteiger partial charge in [-0.3, -0.25) is 9.10 Å². The van der Waals surface area contributed by atoms with Crippen LogP contribution in [-0.4, -0.2) is 53.2 Å². The van der Waals surface area contributed by atoms with E-state index in [1.54, 1.807) is 0 Å². The number of aromatic carboxylic acids is 1. The number of amides is 1.